The van der Waals surface area contributed by atoms with E-state index in [2.05, 4.69) is 9.71 Å². The van der Waals surface area contributed by atoms with Gasteiger partial charge >= 0.3 is 0 Å². The van der Waals surface area contributed by atoms with Gasteiger partial charge in [0.2, 0.25) is 0 Å². The van der Waals surface area contributed by atoms with Gasteiger partial charge in [-0.05, 0) is 24.6 Å². The number of nitro benzene ring substituents is 1. The third-order valence-corrected chi connectivity index (χ3v) is 4.18. The first-order valence-corrected chi connectivity index (χ1v) is 7.27. The van der Waals surface area contributed by atoms with Crippen molar-refractivity contribution < 1.29 is 13.3 Å². The molecule has 1 aromatic carbocycles. The van der Waals surface area contributed by atoms with Crippen LogP contribution in [0.2, 0.25) is 0 Å². The number of hydrogen-bond donors (Lipinski definition) is 2. The predicted molar refractivity (Wildman–Crippen MR) is 77.3 cm³/mol. The zero-order valence-corrected chi connectivity index (χ0v) is 11.8. The molecule has 2 aromatic rings. The summed E-state index contributed by atoms with van der Waals surface area (Å²) in [5.74, 6) is 0. The summed E-state index contributed by atoms with van der Waals surface area (Å²) in [5, 5.41) is 10.7. The number of pyridine rings is 1. The molecule has 0 radical (unpaired) electrons. The molecule has 0 bridgehead atoms. The summed E-state index contributed by atoms with van der Waals surface area (Å²) < 4.78 is 27.0. The average molecular weight is 308 g/mol. The zero-order chi connectivity index (χ0) is 15.6. The van der Waals surface area contributed by atoms with E-state index >= 15 is 0 Å². The Morgan fingerprint density at radius 3 is 2.67 bits per heavy atom. The van der Waals surface area contributed by atoms with Crippen molar-refractivity contribution in [2.75, 3.05) is 10.5 Å². The van der Waals surface area contributed by atoms with Gasteiger partial charge in [-0.2, -0.15) is 0 Å². The molecule has 0 amide bonds. The van der Waals surface area contributed by atoms with Crippen molar-refractivity contribution in [2.45, 2.75) is 11.8 Å². The summed E-state index contributed by atoms with van der Waals surface area (Å²) in [5.41, 5.74) is 6.14. The van der Waals surface area contributed by atoms with Crippen LogP contribution in [0.15, 0.2) is 41.6 Å². The van der Waals surface area contributed by atoms with E-state index in [1.165, 1.54) is 24.5 Å². The Hall–Kier alpha value is -2.68. The van der Waals surface area contributed by atoms with Crippen LogP contribution in [-0.2, 0) is 10.0 Å². The lowest BCUT2D eigenvalue weighted by Gasteiger charge is -2.11. The summed E-state index contributed by atoms with van der Waals surface area (Å²) in [7, 11) is -4.03. The van der Waals surface area contributed by atoms with E-state index in [-0.39, 0.29) is 16.3 Å². The molecule has 3 N–H and O–H groups in total. The minimum Gasteiger partial charge on any atom is -0.398 e. The van der Waals surface area contributed by atoms with E-state index in [9.17, 15) is 18.5 Å². The number of nitro groups is 1. The monoisotopic (exact) mass is 308 g/mol. The molecule has 0 unspecified atom stereocenters. The van der Waals surface area contributed by atoms with E-state index in [1.54, 1.807) is 6.92 Å². The molecule has 0 spiro atoms. The van der Waals surface area contributed by atoms with Gasteiger partial charge in [-0.25, -0.2) is 8.42 Å². The lowest BCUT2D eigenvalue weighted by Crippen LogP contribution is -2.15. The maximum absolute atomic E-state index is 12.3. The maximum atomic E-state index is 12.3. The molecule has 0 saturated heterocycles. The number of aromatic nitrogens is 1. The van der Waals surface area contributed by atoms with Crippen LogP contribution in [-0.4, -0.2) is 18.3 Å². The largest absolute Gasteiger partial charge is 0.398 e. The van der Waals surface area contributed by atoms with E-state index in [4.69, 9.17) is 5.73 Å². The van der Waals surface area contributed by atoms with Crippen molar-refractivity contribution in [2.24, 2.45) is 0 Å². The molecule has 9 heteroatoms. The molecule has 0 aliphatic rings. The average Bonchev–Trinajstić information content (AvgIpc) is 2.41. The Balaban J connectivity index is 2.47. The van der Waals surface area contributed by atoms with E-state index in [0.717, 1.165) is 12.1 Å². The van der Waals surface area contributed by atoms with Crippen LogP contribution in [0, 0.1) is 17.0 Å². The number of nitrogens with two attached hydrogens (primary N) is 1. The standard InChI is InChI=1S/C12H12N4O4S/c1-8-7-14-5-4-11(8)15-21(19,20)12-6-9(16(17)18)2-3-10(12)13/h2-7H,13H2,1H3,(H,14,15). The number of sulfonamides is 1. The number of non-ortho nitro benzene ring substituents is 1. The lowest BCUT2D eigenvalue weighted by molar-refractivity contribution is -0.385. The van der Waals surface area contributed by atoms with Gasteiger partial charge in [0.25, 0.3) is 15.7 Å². The molecule has 0 atom stereocenters. The molecule has 0 fully saturated rings. The summed E-state index contributed by atoms with van der Waals surface area (Å²) >= 11 is 0. The number of nitrogens with one attached hydrogen (secondary N) is 1. The fourth-order valence-electron chi connectivity index (χ4n) is 1.66. The summed E-state index contributed by atoms with van der Waals surface area (Å²) in [6, 6.07) is 4.74. The molecular weight excluding hydrogens is 296 g/mol. The second-order valence-corrected chi connectivity index (χ2v) is 5.93. The van der Waals surface area contributed by atoms with E-state index in [0.29, 0.717) is 11.3 Å². The van der Waals surface area contributed by atoms with Gasteiger partial charge < -0.3 is 5.73 Å². The van der Waals surface area contributed by atoms with Crippen LogP contribution >= 0.6 is 0 Å². The smallest absolute Gasteiger partial charge is 0.270 e. The molecule has 0 aliphatic heterocycles. The van der Waals surface area contributed by atoms with Crippen molar-refractivity contribution >= 4 is 27.1 Å². The molecule has 110 valence electrons. The van der Waals surface area contributed by atoms with Crippen molar-refractivity contribution in [3.63, 3.8) is 0 Å². The van der Waals surface area contributed by atoms with Gasteiger partial charge in [0, 0.05) is 24.5 Å². The lowest BCUT2D eigenvalue weighted by atomic mass is 10.3. The first kappa shape index (κ1) is 14.7. The van der Waals surface area contributed by atoms with Gasteiger partial charge in [0.15, 0.2) is 0 Å². The molecule has 21 heavy (non-hydrogen) atoms. The number of nitrogen functional groups attached to an aromatic ring is 1. The quantitative estimate of drug-likeness (QED) is 0.502. The number of hydrogen-bond acceptors (Lipinski definition) is 6. The highest BCUT2D eigenvalue weighted by Gasteiger charge is 2.21. The second kappa shape index (κ2) is 5.37. The highest BCUT2D eigenvalue weighted by Crippen LogP contribution is 2.26. The first-order valence-electron chi connectivity index (χ1n) is 5.78. The van der Waals surface area contributed by atoms with E-state index in [1.807, 2.05) is 0 Å². The van der Waals surface area contributed by atoms with Crippen molar-refractivity contribution in [1.82, 2.24) is 4.98 Å². The van der Waals surface area contributed by atoms with Gasteiger partial charge in [0.1, 0.15) is 4.90 Å². The van der Waals surface area contributed by atoms with Crippen LogP contribution in [0.5, 0.6) is 0 Å². The Bertz CT molecular complexity index is 805. The Labute approximate surface area is 120 Å². The fraction of sp³-hybridized carbons (Fsp3) is 0.0833. The van der Waals surface area contributed by atoms with Gasteiger partial charge in [0.05, 0.1) is 16.3 Å². The Morgan fingerprint density at radius 1 is 1.33 bits per heavy atom. The van der Waals surface area contributed by atoms with Gasteiger partial charge in [-0.1, -0.05) is 0 Å². The first-order chi connectivity index (χ1) is 9.81. The molecule has 0 saturated carbocycles. The fourth-order valence-corrected chi connectivity index (χ4v) is 2.94. The maximum Gasteiger partial charge on any atom is 0.270 e. The number of rotatable bonds is 4. The number of aryl methyl sites for hydroxylation is 1. The Kier molecular flexibility index (Phi) is 3.76. The highest BCUT2D eigenvalue weighted by atomic mass is 32.2. The summed E-state index contributed by atoms with van der Waals surface area (Å²) in [4.78, 5) is 13.6. The van der Waals surface area contributed by atoms with Crippen molar-refractivity contribution in [3.8, 4) is 0 Å². The topological polar surface area (TPSA) is 128 Å². The highest BCUT2D eigenvalue weighted by molar-refractivity contribution is 7.92. The molecule has 2 rings (SSSR count). The van der Waals surface area contributed by atoms with Crippen molar-refractivity contribution in [3.05, 3.63) is 52.3 Å². The van der Waals surface area contributed by atoms with Crippen LogP contribution < -0.4 is 10.5 Å². The summed E-state index contributed by atoms with van der Waals surface area (Å²) in [6.45, 7) is 1.68. The molecule has 1 heterocycles. The molecular formula is C12H12N4O4S. The number of nitrogens with zero attached hydrogens (tertiary/aromatic N) is 2. The van der Waals surface area contributed by atoms with Crippen LogP contribution in [0.4, 0.5) is 17.1 Å². The van der Waals surface area contributed by atoms with Gasteiger partial charge in [-0.15, -0.1) is 0 Å². The van der Waals surface area contributed by atoms with Crippen molar-refractivity contribution in [1.29, 1.82) is 0 Å². The summed E-state index contributed by atoms with van der Waals surface area (Å²) in [6.07, 6.45) is 2.93. The minimum absolute atomic E-state index is 0.0696. The molecule has 8 nitrogen and oxygen atoms in total. The molecule has 1 aromatic heterocycles. The third-order valence-electron chi connectivity index (χ3n) is 2.76. The van der Waals surface area contributed by atoms with Crippen LogP contribution in [0.1, 0.15) is 5.56 Å². The normalized spacial score (nSPS) is 11.1. The number of benzene rings is 1. The minimum atomic E-state index is -4.03. The molecule has 0 aliphatic carbocycles. The van der Waals surface area contributed by atoms with Gasteiger partial charge in [-0.3, -0.25) is 19.8 Å². The Morgan fingerprint density at radius 2 is 2.05 bits per heavy atom. The number of anilines is 2. The second-order valence-electron chi connectivity index (χ2n) is 4.28. The zero-order valence-electron chi connectivity index (χ0n) is 11.0. The van der Waals surface area contributed by atoms with Crippen LogP contribution in [0.25, 0.3) is 0 Å². The van der Waals surface area contributed by atoms with Crippen LogP contribution in [0.3, 0.4) is 0 Å². The SMILES string of the molecule is Cc1cnccc1NS(=O)(=O)c1cc([N+](=O)[O-])ccc1N. The van der Waals surface area contributed by atoms with E-state index < -0.39 is 14.9 Å². The predicted octanol–water partition coefficient (Wildman–Crippen LogP) is 1.68. The third kappa shape index (κ3) is 3.08.